The molecule has 12 heavy (non-hydrogen) atoms. The van der Waals surface area contributed by atoms with Crippen molar-refractivity contribution in [3.8, 4) is 0 Å². The largest absolute Gasteiger partial charge is 0.364 e. The van der Waals surface area contributed by atoms with E-state index < -0.39 is 29.1 Å². The maximum absolute atomic E-state index is 12.5. The number of nitrogens with two attached hydrogens (primary N) is 1. The van der Waals surface area contributed by atoms with E-state index in [0.717, 1.165) is 0 Å². The molecule has 2 N–H and O–H groups in total. The number of aromatic nitrogens is 1. The number of pyridine rings is 1. The van der Waals surface area contributed by atoms with E-state index in [1.54, 1.807) is 0 Å². The van der Waals surface area contributed by atoms with Crippen molar-refractivity contribution in [1.82, 2.24) is 4.98 Å². The van der Waals surface area contributed by atoms with Gasteiger partial charge >= 0.3 is 0 Å². The van der Waals surface area contributed by atoms with E-state index in [1.165, 1.54) is 0 Å². The van der Waals surface area contributed by atoms with Crippen LogP contribution in [0.5, 0.6) is 0 Å². The van der Waals surface area contributed by atoms with Crippen LogP contribution in [-0.2, 0) is 0 Å². The summed E-state index contributed by atoms with van der Waals surface area (Å²) in [5.74, 6) is -6.12. The number of primary amides is 1. The molecule has 1 aromatic rings. The summed E-state index contributed by atoms with van der Waals surface area (Å²) in [6.45, 7) is 0. The summed E-state index contributed by atoms with van der Waals surface area (Å²) in [5.41, 5.74) is 3.69. The van der Waals surface area contributed by atoms with Crippen LogP contribution in [-0.4, -0.2) is 10.9 Å². The first-order valence-electron chi connectivity index (χ1n) is 2.83. The van der Waals surface area contributed by atoms with E-state index in [-0.39, 0.29) is 0 Å². The summed E-state index contributed by atoms with van der Waals surface area (Å²) in [7, 11) is 0. The van der Waals surface area contributed by atoms with Crippen LogP contribution in [0, 0.1) is 17.5 Å². The zero-order valence-electron chi connectivity index (χ0n) is 5.64. The minimum atomic E-state index is -1.75. The molecule has 0 unspecified atom stereocenters. The van der Waals surface area contributed by atoms with Gasteiger partial charge in [0.05, 0.1) is 6.20 Å². The van der Waals surface area contributed by atoms with Crippen molar-refractivity contribution in [1.29, 1.82) is 0 Å². The average Bonchev–Trinajstić information content (AvgIpc) is 2.00. The fourth-order valence-corrected chi connectivity index (χ4v) is 0.615. The molecule has 6 heteroatoms. The molecule has 3 nitrogen and oxygen atoms in total. The Morgan fingerprint density at radius 1 is 1.33 bits per heavy atom. The van der Waals surface area contributed by atoms with Crippen LogP contribution in [0.3, 0.4) is 0 Å². The van der Waals surface area contributed by atoms with Gasteiger partial charge < -0.3 is 5.73 Å². The second-order valence-electron chi connectivity index (χ2n) is 1.95. The van der Waals surface area contributed by atoms with Crippen molar-refractivity contribution in [2.75, 3.05) is 0 Å². The zero-order valence-corrected chi connectivity index (χ0v) is 5.64. The minimum Gasteiger partial charge on any atom is -0.364 e. The van der Waals surface area contributed by atoms with E-state index in [9.17, 15) is 18.0 Å². The molecular formula is C6H3F3N2O. The first-order chi connectivity index (χ1) is 5.54. The van der Waals surface area contributed by atoms with Gasteiger partial charge in [-0.1, -0.05) is 0 Å². The van der Waals surface area contributed by atoms with Gasteiger partial charge in [0.2, 0.25) is 0 Å². The number of nitrogens with zero attached hydrogens (tertiary/aromatic N) is 1. The number of hydrogen-bond acceptors (Lipinski definition) is 2. The van der Waals surface area contributed by atoms with E-state index in [4.69, 9.17) is 0 Å². The van der Waals surface area contributed by atoms with Gasteiger partial charge in [-0.2, -0.15) is 0 Å². The number of rotatable bonds is 1. The highest BCUT2D eigenvalue weighted by molar-refractivity contribution is 5.90. The molecule has 0 aliphatic rings. The molecule has 0 aromatic carbocycles. The fourth-order valence-electron chi connectivity index (χ4n) is 0.615. The van der Waals surface area contributed by atoms with Gasteiger partial charge in [-0.05, 0) is 0 Å². The molecule has 0 spiro atoms. The van der Waals surface area contributed by atoms with E-state index in [2.05, 4.69) is 10.7 Å². The summed E-state index contributed by atoms with van der Waals surface area (Å²) in [6.07, 6.45) is 0.387. The topological polar surface area (TPSA) is 56.0 Å². The molecule has 1 aromatic heterocycles. The summed E-state index contributed by atoms with van der Waals surface area (Å²) in [6, 6.07) is 0. The van der Waals surface area contributed by atoms with E-state index in [1.807, 2.05) is 0 Å². The number of halogens is 3. The molecule has 0 aliphatic carbocycles. The molecular weight excluding hydrogens is 173 g/mol. The highest BCUT2D eigenvalue weighted by Crippen LogP contribution is 2.11. The Balaban J connectivity index is 3.36. The molecule has 1 heterocycles. The Hall–Kier alpha value is -1.59. The number of carbonyl (C=O) groups excluding carboxylic acids is 1. The minimum absolute atomic E-state index is 0.387. The lowest BCUT2D eigenvalue weighted by Crippen LogP contribution is -2.16. The van der Waals surface area contributed by atoms with E-state index >= 15 is 0 Å². The summed E-state index contributed by atoms with van der Waals surface area (Å²) in [4.78, 5) is 13.3. The van der Waals surface area contributed by atoms with Crippen LogP contribution in [0.25, 0.3) is 0 Å². The fraction of sp³-hybridized carbons (Fsp3) is 0. The standard InChI is InChI=1S/C6H3F3N2O/c7-2-1-11-5(6(10)12)4(9)3(2)8/h1H,(H2,10,12). The van der Waals surface area contributed by atoms with Crippen molar-refractivity contribution in [2.24, 2.45) is 5.73 Å². The van der Waals surface area contributed by atoms with Gasteiger partial charge in [-0.15, -0.1) is 0 Å². The Morgan fingerprint density at radius 3 is 2.42 bits per heavy atom. The van der Waals surface area contributed by atoms with Gasteiger partial charge in [0.1, 0.15) is 0 Å². The second-order valence-corrected chi connectivity index (χ2v) is 1.95. The van der Waals surface area contributed by atoms with Crippen molar-refractivity contribution >= 4 is 5.91 Å². The molecule has 0 atom stereocenters. The SMILES string of the molecule is NC(=O)c1ncc(F)c(F)c1F. The molecule has 64 valence electrons. The van der Waals surface area contributed by atoms with Crippen LogP contribution in [0.15, 0.2) is 6.20 Å². The first kappa shape index (κ1) is 8.51. The van der Waals surface area contributed by atoms with Crippen molar-refractivity contribution in [3.05, 3.63) is 29.3 Å². The van der Waals surface area contributed by atoms with Gasteiger partial charge in [-0.25, -0.2) is 18.2 Å². The lowest BCUT2D eigenvalue weighted by Gasteiger charge is -1.97. The third kappa shape index (κ3) is 1.23. The predicted octanol–water partition coefficient (Wildman–Crippen LogP) is 0.598. The molecule has 0 bridgehead atoms. The van der Waals surface area contributed by atoms with Crippen molar-refractivity contribution in [3.63, 3.8) is 0 Å². The third-order valence-corrected chi connectivity index (χ3v) is 1.15. The normalized spacial score (nSPS) is 9.92. The second kappa shape index (κ2) is 2.80. The summed E-state index contributed by atoms with van der Waals surface area (Å²) < 4.78 is 37.1. The van der Waals surface area contributed by atoms with Crippen molar-refractivity contribution in [2.45, 2.75) is 0 Å². The van der Waals surface area contributed by atoms with Crippen LogP contribution >= 0.6 is 0 Å². The summed E-state index contributed by atoms with van der Waals surface area (Å²) >= 11 is 0. The van der Waals surface area contributed by atoms with Gasteiger partial charge in [-0.3, -0.25) is 4.79 Å². The smallest absolute Gasteiger partial charge is 0.270 e. The lowest BCUT2D eigenvalue weighted by atomic mass is 10.3. The number of hydrogen-bond donors (Lipinski definition) is 1. The van der Waals surface area contributed by atoms with Gasteiger partial charge in [0.15, 0.2) is 23.1 Å². The highest BCUT2D eigenvalue weighted by Gasteiger charge is 2.17. The number of carbonyl (C=O) groups is 1. The molecule has 0 aliphatic heterocycles. The Kier molecular flexibility index (Phi) is 1.99. The predicted molar refractivity (Wildman–Crippen MR) is 32.6 cm³/mol. The first-order valence-corrected chi connectivity index (χ1v) is 2.83. The summed E-state index contributed by atoms with van der Waals surface area (Å²) in [5, 5.41) is 0. The zero-order chi connectivity index (χ0) is 9.30. The Morgan fingerprint density at radius 2 is 1.92 bits per heavy atom. The van der Waals surface area contributed by atoms with Gasteiger partial charge in [0.25, 0.3) is 5.91 Å². The van der Waals surface area contributed by atoms with Gasteiger partial charge in [0, 0.05) is 0 Å². The third-order valence-electron chi connectivity index (χ3n) is 1.15. The Labute approximate surface area is 65.0 Å². The lowest BCUT2D eigenvalue weighted by molar-refractivity contribution is 0.0989. The molecule has 0 saturated carbocycles. The molecule has 0 radical (unpaired) electrons. The molecule has 1 amide bonds. The molecule has 0 fully saturated rings. The number of amides is 1. The Bertz CT molecular complexity index is 340. The monoisotopic (exact) mass is 176 g/mol. The molecule has 1 rings (SSSR count). The quantitative estimate of drug-likeness (QED) is 0.681. The highest BCUT2D eigenvalue weighted by atomic mass is 19.2. The average molecular weight is 176 g/mol. The van der Waals surface area contributed by atoms with Crippen LogP contribution in [0.2, 0.25) is 0 Å². The van der Waals surface area contributed by atoms with E-state index in [0.29, 0.717) is 6.20 Å². The maximum atomic E-state index is 12.5. The molecule has 0 saturated heterocycles. The van der Waals surface area contributed by atoms with Crippen LogP contribution in [0.1, 0.15) is 10.5 Å². The van der Waals surface area contributed by atoms with Crippen molar-refractivity contribution < 1.29 is 18.0 Å². The van der Waals surface area contributed by atoms with Crippen LogP contribution in [0.4, 0.5) is 13.2 Å². The maximum Gasteiger partial charge on any atom is 0.270 e. The van der Waals surface area contributed by atoms with Crippen LogP contribution < -0.4 is 5.73 Å².